The molecule has 2 aromatic rings. The Kier molecular flexibility index (Phi) is 4.78. The van der Waals surface area contributed by atoms with Gasteiger partial charge in [-0.3, -0.25) is 24.4 Å². The van der Waals surface area contributed by atoms with Crippen LogP contribution in [0.2, 0.25) is 0 Å². The van der Waals surface area contributed by atoms with E-state index in [1.165, 1.54) is 0 Å². The molecule has 1 aromatic carbocycles. The number of rotatable bonds is 4. The number of imide groups is 1. The third-order valence-electron chi connectivity index (χ3n) is 5.82. The molecule has 4 rings (SSSR count). The minimum Gasteiger partial charge on any atom is -0.481 e. The maximum absolute atomic E-state index is 12.2. The predicted octanol–water partition coefficient (Wildman–Crippen LogP) is 2.01. The number of aryl methyl sites for hydroxylation is 1. The van der Waals surface area contributed by atoms with Gasteiger partial charge in [0.15, 0.2) is 0 Å². The molecule has 0 spiro atoms. The van der Waals surface area contributed by atoms with E-state index in [-0.39, 0.29) is 24.2 Å². The average Bonchev–Trinajstić information content (AvgIpc) is 2.98. The van der Waals surface area contributed by atoms with E-state index in [0.29, 0.717) is 12.8 Å². The number of fused-ring (bicyclic) bond motifs is 1. The zero-order chi connectivity index (χ0) is 19.8. The van der Waals surface area contributed by atoms with Gasteiger partial charge in [0, 0.05) is 37.0 Å². The van der Waals surface area contributed by atoms with Crippen LogP contribution in [0.5, 0.6) is 0 Å². The molecule has 2 N–H and O–H groups in total. The number of hydrogen-bond donors (Lipinski definition) is 2. The van der Waals surface area contributed by atoms with Crippen LogP contribution in [0.4, 0.5) is 5.69 Å². The molecular formula is C20H24N4O4. The van der Waals surface area contributed by atoms with Crippen molar-refractivity contribution in [3.05, 3.63) is 23.9 Å². The number of amides is 2. The first-order valence-corrected chi connectivity index (χ1v) is 9.71. The summed E-state index contributed by atoms with van der Waals surface area (Å²) in [6.45, 7) is 3.60. The maximum Gasteiger partial charge on any atom is 0.303 e. The molecule has 148 valence electrons. The van der Waals surface area contributed by atoms with Crippen molar-refractivity contribution in [2.45, 2.75) is 45.1 Å². The zero-order valence-electron chi connectivity index (χ0n) is 15.9. The van der Waals surface area contributed by atoms with Crippen molar-refractivity contribution in [2.24, 2.45) is 5.92 Å². The van der Waals surface area contributed by atoms with Crippen LogP contribution in [0.25, 0.3) is 10.9 Å². The van der Waals surface area contributed by atoms with E-state index in [0.717, 1.165) is 48.2 Å². The third-order valence-corrected chi connectivity index (χ3v) is 5.82. The molecule has 8 nitrogen and oxygen atoms in total. The van der Waals surface area contributed by atoms with Gasteiger partial charge in [0.2, 0.25) is 5.91 Å². The maximum atomic E-state index is 12.2. The molecule has 8 heteroatoms. The third kappa shape index (κ3) is 3.46. The fourth-order valence-electron chi connectivity index (χ4n) is 4.27. The Morgan fingerprint density at radius 1 is 1.25 bits per heavy atom. The molecule has 2 aliphatic rings. The highest BCUT2D eigenvalue weighted by atomic mass is 16.4. The second-order valence-electron chi connectivity index (χ2n) is 7.73. The molecule has 1 atom stereocenters. The molecule has 2 fully saturated rings. The number of hydrogen-bond acceptors (Lipinski definition) is 5. The van der Waals surface area contributed by atoms with E-state index in [9.17, 15) is 14.4 Å². The summed E-state index contributed by atoms with van der Waals surface area (Å²) in [6, 6.07) is 5.64. The summed E-state index contributed by atoms with van der Waals surface area (Å²) >= 11 is 0. The number of aliphatic carboxylic acids is 1. The van der Waals surface area contributed by atoms with Crippen LogP contribution in [0, 0.1) is 12.8 Å². The summed E-state index contributed by atoms with van der Waals surface area (Å²) in [7, 11) is 0. The number of carbonyl (C=O) groups is 3. The minimum atomic E-state index is -0.726. The highest BCUT2D eigenvalue weighted by Gasteiger charge is 2.30. The lowest BCUT2D eigenvalue weighted by Crippen LogP contribution is -2.42. The summed E-state index contributed by atoms with van der Waals surface area (Å²) < 4.78 is 1.73. The van der Waals surface area contributed by atoms with Crippen LogP contribution in [0.3, 0.4) is 0 Å². The molecule has 2 saturated heterocycles. The molecule has 2 aliphatic heterocycles. The highest BCUT2D eigenvalue weighted by molar-refractivity contribution is 6.00. The lowest BCUT2D eigenvalue weighted by atomic mass is 9.93. The van der Waals surface area contributed by atoms with Crippen molar-refractivity contribution in [2.75, 3.05) is 18.0 Å². The number of carboxylic acids is 1. The molecule has 1 aromatic heterocycles. The van der Waals surface area contributed by atoms with Crippen molar-refractivity contribution >= 4 is 34.4 Å². The number of aromatic nitrogens is 2. The van der Waals surface area contributed by atoms with Gasteiger partial charge < -0.3 is 10.0 Å². The highest BCUT2D eigenvalue weighted by Crippen LogP contribution is 2.31. The Bertz CT molecular complexity index is 943. The standard InChI is InChI=1S/C20H24N4O4/c1-12-15-11-14(23-8-6-13(7-9-23)10-19(26)27)2-3-16(15)24(22-12)17-4-5-18(25)21-20(17)28/h2-3,11,13,17H,4-10H2,1H3,(H,26,27)(H,21,25,28). The van der Waals surface area contributed by atoms with Crippen molar-refractivity contribution < 1.29 is 19.5 Å². The normalized spacial score (nSPS) is 21.2. The van der Waals surface area contributed by atoms with Gasteiger partial charge in [-0.1, -0.05) is 0 Å². The Hall–Kier alpha value is -2.90. The molecule has 28 heavy (non-hydrogen) atoms. The van der Waals surface area contributed by atoms with Crippen LogP contribution < -0.4 is 10.2 Å². The van der Waals surface area contributed by atoms with Gasteiger partial charge in [-0.2, -0.15) is 5.10 Å². The molecular weight excluding hydrogens is 360 g/mol. The van der Waals surface area contributed by atoms with Crippen molar-refractivity contribution in [3.8, 4) is 0 Å². The van der Waals surface area contributed by atoms with Crippen molar-refractivity contribution in [1.29, 1.82) is 0 Å². The van der Waals surface area contributed by atoms with E-state index in [4.69, 9.17) is 5.11 Å². The zero-order valence-corrected chi connectivity index (χ0v) is 15.9. The Labute approximate surface area is 162 Å². The molecule has 0 saturated carbocycles. The predicted molar refractivity (Wildman–Crippen MR) is 103 cm³/mol. The SMILES string of the molecule is Cc1nn(C2CCC(=O)NC2=O)c2ccc(N3CCC(CC(=O)O)CC3)cc12. The number of nitrogens with one attached hydrogen (secondary N) is 1. The topological polar surface area (TPSA) is 105 Å². The van der Waals surface area contributed by atoms with Crippen LogP contribution >= 0.6 is 0 Å². The molecule has 0 aliphatic carbocycles. The number of piperidine rings is 2. The van der Waals surface area contributed by atoms with Crippen LogP contribution in [-0.4, -0.2) is 45.8 Å². The van der Waals surface area contributed by atoms with Crippen LogP contribution in [0.15, 0.2) is 18.2 Å². The summed E-state index contributed by atoms with van der Waals surface area (Å²) in [5.41, 5.74) is 2.83. The van der Waals surface area contributed by atoms with E-state index in [2.05, 4.69) is 21.4 Å². The van der Waals surface area contributed by atoms with Gasteiger partial charge in [-0.15, -0.1) is 0 Å². The van der Waals surface area contributed by atoms with E-state index >= 15 is 0 Å². The number of carbonyl (C=O) groups excluding carboxylic acids is 2. The van der Waals surface area contributed by atoms with Crippen LogP contribution in [-0.2, 0) is 14.4 Å². The second-order valence-corrected chi connectivity index (χ2v) is 7.73. The molecule has 2 amide bonds. The molecule has 0 bridgehead atoms. The van der Waals surface area contributed by atoms with Gasteiger partial charge in [-0.25, -0.2) is 0 Å². The van der Waals surface area contributed by atoms with Crippen molar-refractivity contribution in [1.82, 2.24) is 15.1 Å². The first kappa shape index (κ1) is 18.5. The second kappa shape index (κ2) is 7.26. The van der Waals surface area contributed by atoms with E-state index in [1.54, 1.807) is 4.68 Å². The van der Waals surface area contributed by atoms with Crippen LogP contribution in [0.1, 0.15) is 43.8 Å². The summed E-state index contributed by atoms with van der Waals surface area (Å²) in [5, 5.41) is 16.9. The minimum absolute atomic E-state index is 0.233. The lowest BCUT2D eigenvalue weighted by Gasteiger charge is -2.33. The number of carboxylic acid groups (broad SMARTS) is 1. The monoisotopic (exact) mass is 384 g/mol. The first-order valence-electron chi connectivity index (χ1n) is 9.71. The number of benzene rings is 1. The number of nitrogens with zero attached hydrogens (tertiary/aromatic N) is 3. The smallest absolute Gasteiger partial charge is 0.303 e. The first-order chi connectivity index (χ1) is 13.4. The van der Waals surface area contributed by atoms with Gasteiger partial charge >= 0.3 is 5.97 Å². The largest absolute Gasteiger partial charge is 0.481 e. The Morgan fingerprint density at radius 2 is 2.00 bits per heavy atom. The van der Waals surface area contributed by atoms with Gasteiger partial charge in [0.1, 0.15) is 6.04 Å². The fraction of sp³-hybridized carbons (Fsp3) is 0.500. The van der Waals surface area contributed by atoms with Gasteiger partial charge in [0.25, 0.3) is 5.91 Å². The van der Waals surface area contributed by atoms with Gasteiger partial charge in [0.05, 0.1) is 11.2 Å². The molecule has 0 radical (unpaired) electrons. The summed E-state index contributed by atoms with van der Waals surface area (Å²) in [5.74, 6) is -1.01. The molecule has 1 unspecified atom stereocenters. The number of anilines is 1. The lowest BCUT2D eigenvalue weighted by molar-refractivity contribution is -0.138. The Balaban J connectivity index is 1.56. The van der Waals surface area contributed by atoms with E-state index < -0.39 is 12.0 Å². The van der Waals surface area contributed by atoms with Gasteiger partial charge in [-0.05, 0) is 50.3 Å². The summed E-state index contributed by atoms with van der Waals surface area (Å²) in [6.07, 6.45) is 2.77. The fourth-order valence-corrected chi connectivity index (χ4v) is 4.27. The average molecular weight is 384 g/mol. The quantitative estimate of drug-likeness (QED) is 0.782. The van der Waals surface area contributed by atoms with Crippen molar-refractivity contribution in [3.63, 3.8) is 0 Å². The van der Waals surface area contributed by atoms with E-state index in [1.807, 2.05) is 19.1 Å². The Morgan fingerprint density at radius 3 is 2.68 bits per heavy atom. The summed E-state index contributed by atoms with van der Waals surface area (Å²) in [4.78, 5) is 36.8. The molecule has 3 heterocycles.